The maximum atomic E-state index is 12.3. The van der Waals surface area contributed by atoms with E-state index in [1.54, 1.807) is 11.0 Å². The molecule has 22 heavy (non-hydrogen) atoms. The van der Waals surface area contributed by atoms with Crippen molar-refractivity contribution in [3.05, 3.63) is 23.8 Å². The summed E-state index contributed by atoms with van der Waals surface area (Å²) in [6.07, 6.45) is 0.570. The Hall–Kier alpha value is -1.93. The molecular formula is C14H18N2O5S. The summed E-state index contributed by atoms with van der Waals surface area (Å²) in [7, 11) is -2.64. The number of hydrogen-bond donors (Lipinski definition) is 1. The third-order valence-corrected chi connectivity index (χ3v) is 5.47. The molecule has 0 radical (unpaired) electrons. The minimum absolute atomic E-state index is 0.0257. The molecule has 1 heterocycles. The van der Waals surface area contributed by atoms with Gasteiger partial charge >= 0.3 is 5.97 Å². The molecule has 8 heteroatoms. The van der Waals surface area contributed by atoms with Gasteiger partial charge in [-0.3, -0.25) is 9.59 Å². The largest absolute Gasteiger partial charge is 0.480 e. The Labute approximate surface area is 129 Å². The fourth-order valence-corrected chi connectivity index (χ4v) is 3.87. The van der Waals surface area contributed by atoms with Crippen LogP contribution in [0.2, 0.25) is 0 Å². The third kappa shape index (κ3) is 2.84. The SMILES string of the molecule is CC(=O)N1c2ccc(S(=O)(=O)N(C)CC(=O)O)cc2C[C@H]1C. The van der Waals surface area contributed by atoms with Crippen LogP contribution in [0.1, 0.15) is 19.4 Å². The quantitative estimate of drug-likeness (QED) is 0.878. The smallest absolute Gasteiger partial charge is 0.318 e. The number of anilines is 1. The number of carboxylic acid groups (broad SMARTS) is 1. The van der Waals surface area contributed by atoms with Crippen molar-refractivity contribution in [2.75, 3.05) is 18.5 Å². The number of sulfonamides is 1. The molecule has 0 fully saturated rings. The van der Waals surface area contributed by atoms with Gasteiger partial charge in [0.05, 0.1) is 4.90 Å². The minimum atomic E-state index is -3.86. The first-order valence-electron chi connectivity index (χ1n) is 6.75. The molecule has 2 rings (SSSR count). The van der Waals surface area contributed by atoms with Crippen molar-refractivity contribution < 1.29 is 23.1 Å². The van der Waals surface area contributed by atoms with Gasteiger partial charge in [0.15, 0.2) is 0 Å². The zero-order chi connectivity index (χ0) is 16.7. The van der Waals surface area contributed by atoms with Gasteiger partial charge in [-0.1, -0.05) is 0 Å². The number of carbonyl (C=O) groups is 2. The number of benzene rings is 1. The van der Waals surface area contributed by atoms with Gasteiger partial charge in [-0.25, -0.2) is 8.42 Å². The van der Waals surface area contributed by atoms with Gasteiger partial charge in [-0.2, -0.15) is 4.31 Å². The molecule has 0 spiro atoms. The summed E-state index contributed by atoms with van der Waals surface area (Å²) in [5.74, 6) is -1.31. The highest BCUT2D eigenvalue weighted by Crippen LogP contribution is 2.34. The van der Waals surface area contributed by atoms with Crippen molar-refractivity contribution in [3.8, 4) is 0 Å². The first kappa shape index (κ1) is 16.4. The van der Waals surface area contributed by atoms with E-state index in [0.717, 1.165) is 9.87 Å². The zero-order valence-corrected chi connectivity index (χ0v) is 13.4. The van der Waals surface area contributed by atoms with Crippen LogP contribution in [0.3, 0.4) is 0 Å². The van der Waals surface area contributed by atoms with Crippen LogP contribution in [0.25, 0.3) is 0 Å². The van der Waals surface area contributed by atoms with Crippen LogP contribution in [0.4, 0.5) is 5.69 Å². The molecule has 0 aromatic heterocycles. The normalized spacial score (nSPS) is 17.6. The van der Waals surface area contributed by atoms with Crippen molar-refractivity contribution in [3.63, 3.8) is 0 Å². The Morgan fingerprint density at radius 2 is 2.05 bits per heavy atom. The first-order chi connectivity index (χ1) is 10.1. The number of amides is 1. The van der Waals surface area contributed by atoms with Gasteiger partial charge in [0.2, 0.25) is 15.9 Å². The summed E-state index contributed by atoms with van der Waals surface area (Å²) in [5.41, 5.74) is 1.48. The fraction of sp³-hybridized carbons (Fsp3) is 0.429. The average Bonchev–Trinajstić information content (AvgIpc) is 2.72. The Morgan fingerprint density at radius 1 is 1.41 bits per heavy atom. The summed E-state index contributed by atoms with van der Waals surface area (Å²) >= 11 is 0. The molecule has 0 aliphatic carbocycles. The topological polar surface area (TPSA) is 95.0 Å². The van der Waals surface area contributed by atoms with E-state index in [4.69, 9.17) is 5.11 Å². The summed E-state index contributed by atoms with van der Waals surface area (Å²) in [5, 5.41) is 8.73. The molecule has 0 bridgehead atoms. The number of aliphatic carboxylic acids is 1. The lowest BCUT2D eigenvalue weighted by molar-refractivity contribution is -0.137. The van der Waals surface area contributed by atoms with Gasteiger partial charge in [0.1, 0.15) is 6.54 Å². The second-order valence-corrected chi connectivity index (χ2v) is 7.43. The second-order valence-electron chi connectivity index (χ2n) is 5.39. The predicted molar refractivity (Wildman–Crippen MR) is 80.2 cm³/mol. The van der Waals surface area contributed by atoms with Crippen molar-refractivity contribution in [1.29, 1.82) is 0 Å². The van der Waals surface area contributed by atoms with E-state index in [-0.39, 0.29) is 16.8 Å². The second kappa shape index (κ2) is 5.69. The van der Waals surface area contributed by atoms with E-state index < -0.39 is 22.5 Å². The third-order valence-electron chi connectivity index (χ3n) is 3.67. The Bertz CT molecular complexity index is 729. The lowest BCUT2D eigenvalue weighted by Gasteiger charge is -2.21. The number of nitrogens with zero attached hydrogens (tertiary/aromatic N) is 2. The summed E-state index contributed by atoms with van der Waals surface area (Å²) in [4.78, 5) is 24.0. The molecule has 0 saturated carbocycles. The number of hydrogen-bond acceptors (Lipinski definition) is 4. The van der Waals surface area contributed by atoms with Crippen LogP contribution in [-0.4, -0.2) is 49.3 Å². The van der Waals surface area contributed by atoms with Crippen molar-refractivity contribution in [2.45, 2.75) is 31.2 Å². The molecule has 1 atom stereocenters. The Balaban J connectivity index is 2.39. The highest BCUT2D eigenvalue weighted by atomic mass is 32.2. The van der Waals surface area contributed by atoms with Gasteiger partial charge < -0.3 is 10.0 Å². The molecular weight excluding hydrogens is 308 g/mol. The standard InChI is InChI=1S/C14H18N2O5S/c1-9-6-11-7-12(4-5-13(11)16(9)10(2)17)22(20,21)15(3)8-14(18)19/h4-5,7,9H,6,8H2,1-3H3,(H,18,19)/t9-/m1/s1. The highest BCUT2D eigenvalue weighted by Gasteiger charge is 2.31. The summed E-state index contributed by atoms with van der Waals surface area (Å²) in [6, 6.07) is 4.49. The van der Waals surface area contributed by atoms with Crippen molar-refractivity contribution in [2.24, 2.45) is 0 Å². The predicted octanol–water partition coefficient (Wildman–Crippen LogP) is 0.689. The zero-order valence-electron chi connectivity index (χ0n) is 12.6. The molecule has 1 aliphatic rings. The molecule has 1 aliphatic heterocycles. The van der Waals surface area contributed by atoms with Gasteiger partial charge in [-0.05, 0) is 37.1 Å². The molecule has 1 aromatic carbocycles. The highest BCUT2D eigenvalue weighted by molar-refractivity contribution is 7.89. The lowest BCUT2D eigenvalue weighted by Crippen LogP contribution is -2.33. The molecule has 0 unspecified atom stereocenters. The van der Waals surface area contributed by atoms with E-state index in [0.29, 0.717) is 12.1 Å². The van der Waals surface area contributed by atoms with Crippen LogP contribution < -0.4 is 4.90 Å². The molecule has 1 amide bonds. The summed E-state index contributed by atoms with van der Waals surface area (Å²) in [6.45, 7) is 2.76. The van der Waals surface area contributed by atoms with Crippen LogP contribution in [0, 0.1) is 0 Å². The average molecular weight is 326 g/mol. The summed E-state index contributed by atoms with van der Waals surface area (Å²) < 4.78 is 25.5. The van der Waals surface area contributed by atoms with Gasteiger partial charge in [-0.15, -0.1) is 0 Å². The number of carboxylic acids is 1. The van der Waals surface area contributed by atoms with Crippen LogP contribution >= 0.6 is 0 Å². The van der Waals surface area contributed by atoms with E-state index in [1.165, 1.54) is 26.1 Å². The molecule has 0 saturated heterocycles. The minimum Gasteiger partial charge on any atom is -0.480 e. The molecule has 1 aromatic rings. The Kier molecular flexibility index (Phi) is 4.25. The maximum absolute atomic E-state index is 12.3. The van der Waals surface area contributed by atoms with Gasteiger partial charge in [0, 0.05) is 25.7 Å². The van der Waals surface area contributed by atoms with Crippen LogP contribution in [0.15, 0.2) is 23.1 Å². The number of rotatable bonds is 4. The van der Waals surface area contributed by atoms with E-state index in [1.807, 2.05) is 6.92 Å². The van der Waals surface area contributed by atoms with Gasteiger partial charge in [0.25, 0.3) is 0 Å². The monoisotopic (exact) mass is 326 g/mol. The van der Waals surface area contributed by atoms with Crippen LogP contribution in [0.5, 0.6) is 0 Å². The van der Waals surface area contributed by atoms with E-state index in [9.17, 15) is 18.0 Å². The molecule has 1 N–H and O–H groups in total. The fourth-order valence-electron chi connectivity index (χ4n) is 2.70. The van der Waals surface area contributed by atoms with Crippen molar-refractivity contribution in [1.82, 2.24) is 4.31 Å². The van der Waals surface area contributed by atoms with Crippen LogP contribution in [-0.2, 0) is 26.0 Å². The maximum Gasteiger partial charge on any atom is 0.318 e. The Morgan fingerprint density at radius 3 is 2.59 bits per heavy atom. The number of likely N-dealkylation sites (N-methyl/N-ethyl adjacent to an activating group) is 1. The number of fused-ring (bicyclic) bond motifs is 1. The van der Waals surface area contributed by atoms with E-state index in [2.05, 4.69) is 0 Å². The first-order valence-corrected chi connectivity index (χ1v) is 8.19. The van der Waals surface area contributed by atoms with Crippen molar-refractivity contribution >= 4 is 27.6 Å². The molecule has 7 nitrogen and oxygen atoms in total. The van der Waals surface area contributed by atoms with E-state index >= 15 is 0 Å². The number of carbonyl (C=O) groups excluding carboxylic acids is 1. The molecule has 120 valence electrons. The lowest BCUT2D eigenvalue weighted by atomic mass is 10.1.